The Kier molecular flexibility index (Phi) is 4.74. The van der Waals surface area contributed by atoms with E-state index < -0.39 is 23.5 Å². The van der Waals surface area contributed by atoms with E-state index in [1.807, 2.05) is 6.92 Å². The molecule has 2 aromatic rings. The fraction of sp³-hybridized carbons (Fsp3) is 0.267. The molecule has 0 saturated carbocycles. The summed E-state index contributed by atoms with van der Waals surface area (Å²) in [6.07, 6.45) is 1.95. The van der Waals surface area contributed by atoms with Gasteiger partial charge in [-0.15, -0.1) is 0 Å². The van der Waals surface area contributed by atoms with Gasteiger partial charge in [-0.3, -0.25) is 4.98 Å². The van der Waals surface area contributed by atoms with Gasteiger partial charge in [-0.05, 0) is 42.8 Å². The topological polar surface area (TPSA) is 24.9 Å². The Balaban J connectivity index is 2.38. The van der Waals surface area contributed by atoms with Crippen LogP contribution in [0, 0.1) is 17.5 Å². The number of benzene rings is 1. The van der Waals surface area contributed by atoms with E-state index in [0.717, 1.165) is 18.7 Å². The number of aromatic nitrogens is 1. The minimum atomic E-state index is -0.648. The Morgan fingerprint density at radius 2 is 1.75 bits per heavy atom. The molecule has 106 valence electrons. The summed E-state index contributed by atoms with van der Waals surface area (Å²) in [5, 5.41) is 3.16. The number of nitrogens with zero attached hydrogens (tertiary/aromatic N) is 1. The molecule has 0 bridgehead atoms. The number of hydrogen-bond acceptors (Lipinski definition) is 2. The van der Waals surface area contributed by atoms with Crippen LogP contribution in [0.4, 0.5) is 13.2 Å². The van der Waals surface area contributed by atoms with Gasteiger partial charge in [0.25, 0.3) is 0 Å². The standard InChI is InChI=1S/C15H15F3N2/c1-2-5-19-15(14-4-3-11(16)9-20-14)10-6-12(17)8-13(18)7-10/h3-4,6-9,15,19H,2,5H2,1H3. The molecule has 0 aliphatic rings. The molecular formula is C15H15F3N2. The summed E-state index contributed by atoms with van der Waals surface area (Å²) in [6.45, 7) is 2.64. The minimum absolute atomic E-state index is 0.426. The highest BCUT2D eigenvalue weighted by Gasteiger charge is 2.16. The summed E-state index contributed by atoms with van der Waals surface area (Å²) in [6, 6.07) is 5.63. The molecule has 0 spiro atoms. The maximum absolute atomic E-state index is 13.3. The Labute approximate surface area is 115 Å². The summed E-state index contributed by atoms with van der Waals surface area (Å²) < 4.78 is 39.6. The van der Waals surface area contributed by atoms with E-state index in [1.54, 1.807) is 0 Å². The van der Waals surface area contributed by atoms with Crippen LogP contribution in [0.2, 0.25) is 0 Å². The maximum Gasteiger partial charge on any atom is 0.141 e. The van der Waals surface area contributed by atoms with Crippen LogP contribution in [-0.4, -0.2) is 11.5 Å². The van der Waals surface area contributed by atoms with Crippen molar-refractivity contribution in [2.45, 2.75) is 19.4 Å². The Morgan fingerprint density at radius 3 is 2.30 bits per heavy atom. The molecule has 20 heavy (non-hydrogen) atoms. The van der Waals surface area contributed by atoms with Crippen molar-refractivity contribution in [1.82, 2.24) is 10.3 Å². The monoisotopic (exact) mass is 280 g/mol. The molecule has 2 nitrogen and oxygen atoms in total. The van der Waals surface area contributed by atoms with E-state index in [1.165, 1.54) is 24.3 Å². The average molecular weight is 280 g/mol. The molecule has 1 heterocycles. The van der Waals surface area contributed by atoms with Gasteiger partial charge in [0, 0.05) is 6.07 Å². The van der Waals surface area contributed by atoms with Crippen molar-refractivity contribution in [3.8, 4) is 0 Å². The summed E-state index contributed by atoms with van der Waals surface area (Å²) in [7, 11) is 0. The van der Waals surface area contributed by atoms with Crippen LogP contribution in [0.15, 0.2) is 36.5 Å². The first-order valence-corrected chi connectivity index (χ1v) is 6.41. The Hall–Kier alpha value is -1.88. The zero-order valence-corrected chi connectivity index (χ0v) is 11.0. The first-order valence-electron chi connectivity index (χ1n) is 6.41. The zero-order valence-electron chi connectivity index (χ0n) is 11.0. The molecular weight excluding hydrogens is 265 g/mol. The third-order valence-corrected chi connectivity index (χ3v) is 2.86. The highest BCUT2D eigenvalue weighted by Crippen LogP contribution is 2.22. The predicted molar refractivity (Wildman–Crippen MR) is 70.7 cm³/mol. The molecule has 1 unspecified atom stereocenters. The zero-order chi connectivity index (χ0) is 14.5. The first-order chi connectivity index (χ1) is 9.60. The molecule has 5 heteroatoms. The van der Waals surface area contributed by atoms with Gasteiger partial charge in [0.05, 0.1) is 17.9 Å². The number of rotatable bonds is 5. The summed E-state index contributed by atoms with van der Waals surface area (Å²) >= 11 is 0. The number of halogens is 3. The van der Waals surface area contributed by atoms with Crippen molar-refractivity contribution < 1.29 is 13.2 Å². The van der Waals surface area contributed by atoms with Crippen LogP contribution in [0.3, 0.4) is 0 Å². The molecule has 1 aromatic carbocycles. The molecule has 0 fully saturated rings. The number of pyridine rings is 1. The summed E-state index contributed by atoms with van der Waals surface area (Å²) in [4.78, 5) is 3.98. The highest BCUT2D eigenvalue weighted by atomic mass is 19.1. The Morgan fingerprint density at radius 1 is 1.05 bits per heavy atom. The van der Waals surface area contributed by atoms with Crippen molar-refractivity contribution in [3.63, 3.8) is 0 Å². The van der Waals surface area contributed by atoms with Crippen molar-refractivity contribution >= 4 is 0 Å². The number of nitrogens with one attached hydrogen (secondary N) is 1. The van der Waals surface area contributed by atoms with Gasteiger partial charge in [-0.25, -0.2) is 13.2 Å². The average Bonchev–Trinajstić information content (AvgIpc) is 2.40. The number of hydrogen-bond donors (Lipinski definition) is 1. The molecule has 0 saturated heterocycles. The van der Waals surface area contributed by atoms with Crippen LogP contribution in [-0.2, 0) is 0 Å². The van der Waals surface area contributed by atoms with Gasteiger partial charge in [0.15, 0.2) is 0 Å². The van der Waals surface area contributed by atoms with Crippen molar-refractivity contribution in [1.29, 1.82) is 0 Å². The van der Waals surface area contributed by atoms with E-state index >= 15 is 0 Å². The molecule has 1 N–H and O–H groups in total. The van der Waals surface area contributed by atoms with Crippen LogP contribution in [0.1, 0.15) is 30.6 Å². The molecule has 0 aliphatic carbocycles. The van der Waals surface area contributed by atoms with Gasteiger partial charge < -0.3 is 5.32 Å². The third-order valence-electron chi connectivity index (χ3n) is 2.86. The molecule has 2 rings (SSSR count). The van der Waals surface area contributed by atoms with Gasteiger partial charge >= 0.3 is 0 Å². The van der Waals surface area contributed by atoms with E-state index in [2.05, 4.69) is 10.3 Å². The molecule has 0 radical (unpaired) electrons. The first kappa shape index (κ1) is 14.5. The molecule has 1 aromatic heterocycles. The lowest BCUT2D eigenvalue weighted by atomic mass is 10.0. The van der Waals surface area contributed by atoms with E-state index in [4.69, 9.17) is 0 Å². The largest absolute Gasteiger partial charge is 0.305 e. The molecule has 0 amide bonds. The van der Waals surface area contributed by atoms with Crippen LogP contribution < -0.4 is 5.32 Å². The van der Waals surface area contributed by atoms with Crippen molar-refractivity contribution in [3.05, 3.63) is 65.2 Å². The van der Waals surface area contributed by atoms with Crippen molar-refractivity contribution in [2.24, 2.45) is 0 Å². The van der Waals surface area contributed by atoms with Crippen LogP contribution >= 0.6 is 0 Å². The van der Waals surface area contributed by atoms with Gasteiger partial charge in [0.2, 0.25) is 0 Å². The second-order valence-corrected chi connectivity index (χ2v) is 4.49. The normalized spacial score (nSPS) is 12.4. The lowest BCUT2D eigenvalue weighted by molar-refractivity contribution is 0.550. The second-order valence-electron chi connectivity index (χ2n) is 4.49. The lowest BCUT2D eigenvalue weighted by Crippen LogP contribution is -2.24. The van der Waals surface area contributed by atoms with E-state index in [9.17, 15) is 13.2 Å². The van der Waals surface area contributed by atoms with Gasteiger partial charge in [-0.2, -0.15) is 0 Å². The van der Waals surface area contributed by atoms with E-state index in [0.29, 0.717) is 17.8 Å². The smallest absolute Gasteiger partial charge is 0.141 e. The highest BCUT2D eigenvalue weighted by molar-refractivity contribution is 5.29. The summed E-state index contributed by atoms with van der Waals surface area (Å²) in [5.74, 6) is -1.75. The van der Waals surface area contributed by atoms with Gasteiger partial charge in [0.1, 0.15) is 17.5 Å². The van der Waals surface area contributed by atoms with E-state index in [-0.39, 0.29) is 0 Å². The molecule has 0 aliphatic heterocycles. The fourth-order valence-corrected chi connectivity index (χ4v) is 1.98. The van der Waals surface area contributed by atoms with Gasteiger partial charge in [-0.1, -0.05) is 6.92 Å². The molecule has 1 atom stereocenters. The SMILES string of the molecule is CCCNC(c1cc(F)cc(F)c1)c1ccc(F)cn1. The maximum atomic E-state index is 13.3. The summed E-state index contributed by atoms with van der Waals surface area (Å²) in [5.41, 5.74) is 0.944. The van der Waals surface area contributed by atoms with Crippen LogP contribution in [0.5, 0.6) is 0 Å². The van der Waals surface area contributed by atoms with Crippen molar-refractivity contribution in [2.75, 3.05) is 6.54 Å². The quantitative estimate of drug-likeness (QED) is 0.905. The third kappa shape index (κ3) is 3.57. The lowest BCUT2D eigenvalue weighted by Gasteiger charge is -2.18. The minimum Gasteiger partial charge on any atom is -0.305 e. The second kappa shape index (κ2) is 6.52. The predicted octanol–water partition coefficient (Wildman–Crippen LogP) is 3.59. The van der Waals surface area contributed by atoms with Crippen LogP contribution in [0.25, 0.3) is 0 Å². The Bertz CT molecular complexity index is 550. The fourth-order valence-electron chi connectivity index (χ4n) is 1.98.